The molecule has 0 bridgehead atoms. The molecular formula is C23H25F2NO2. The first-order chi connectivity index (χ1) is 13.5. The van der Waals surface area contributed by atoms with E-state index in [1.807, 2.05) is 26.0 Å². The minimum Gasteiger partial charge on any atom is -0.423 e. The Kier molecular flexibility index (Phi) is 7.69. The molecular weight excluding hydrogens is 360 g/mol. The van der Waals surface area contributed by atoms with Crippen LogP contribution in [0.2, 0.25) is 0 Å². The molecule has 0 aromatic heterocycles. The van der Waals surface area contributed by atoms with Gasteiger partial charge in [-0.2, -0.15) is 5.26 Å². The number of benzene rings is 2. The topological polar surface area (TPSA) is 50.1 Å². The summed E-state index contributed by atoms with van der Waals surface area (Å²) in [4.78, 5) is 12.2. The highest BCUT2D eigenvalue weighted by Crippen LogP contribution is 2.35. The maximum atomic E-state index is 13.6. The van der Waals surface area contributed by atoms with Gasteiger partial charge in [0.05, 0.1) is 5.56 Å². The lowest BCUT2D eigenvalue weighted by atomic mass is 9.79. The molecule has 2 aromatic rings. The Labute approximate surface area is 165 Å². The van der Waals surface area contributed by atoms with Crippen LogP contribution in [0.4, 0.5) is 8.78 Å². The van der Waals surface area contributed by atoms with Crippen LogP contribution in [0.25, 0.3) is 0 Å². The highest BCUT2D eigenvalue weighted by Gasteiger charge is 2.20. The number of esters is 1. The largest absolute Gasteiger partial charge is 0.423 e. The second kappa shape index (κ2) is 9.98. The molecule has 0 atom stereocenters. The fourth-order valence-electron chi connectivity index (χ4n) is 3.37. The third kappa shape index (κ3) is 5.16. The molecule has 1 fully saturated rings. The number of halogens is 2. The maximum absolute atomic E-state index is 13.6. The lowest BCUT2D eigenvalue weighted by molar-refractivity contribution is 0.0734. The van der Waals surface area contributed by atoms with Gasteiger partial charge in [0.25, 0.3) is 0 Å². The van der Waals surface area contributed by atoms with Gasteiger partial charge in [-0.1, -0.05) is 45.7 Å². The molecule has 0 saturated heterocycles. The summed E-state index contributed by atoms with van der Waals surface area (Å²) in [6.45, 7) is 6.27. The smallest absolute Gasteiger partial charge is 0.343 e. The van der Waals surface area contributed by atoms with Gasteiger partial charge < -0.3 is 4.74 Å². The molecule has 1 aliphatic rings. The summed E-state index contributed by atoms with van der Waals surface area (Å²) in [5, 5.41) is 8.66. The van der Waals surface area contributed by atoms with Crippen LogP contribution in [0.3, 0.4) is 0 Å². The first kappa shape index (κ1) is 21.6. The average Bonchev–Trinajstić information content (AvgIpc) is 2.70. The fraction of sp³-hybridized carbons (Fsp3) is 0.391. The third-order valence-corrected chi connectivity index (χ3v) is 4.97. The van der Waals surface area contributed by atoms with E-state index in [0.717, 1.165) is 30.9 Å². The van der Waals surface area contributed by atoms with Crippen molar-refractivity contribution in [2.45, 2.75) is 52.4 Å². The molecule has 2 aromatic carbocycles. The molecule has 0 radical (unpaired) electrons. The van der Waals surface area contributed by atoms with Gasteiger partial charge in [0.2, 0.25) is 0 Å². The Morgan fingerprint density at radius 3 is 2.07 bits per heavy atom. The highest BCUT2D eigenvalue weighted by atomic mass is 19.1. The molecule has 0 spiro atoms. The molecule has 1 aliphatic carbocycles. The van der Waals surface area contributed by atoms with E-state index in [9.17, 15) is 13.6 Å². The van der Waals surface area contributed by atoms with Crippen molar-refractivity contribution in [2.75, 3.05) is 0 Å². The van der Waals surface area contributed by atoms with Gasteiger partial charge in [0.1, 0.15) is 29.0 Å². The lowest BCUT2D eigenvalue weighted by Crippen LogP contribution is -2.12. The van der Waals surface area contributed by atoms with Crippen molar-refractivity contribution in [3.63, 3.8) is 0 Å². The molecule has 3 nitrogen and oxygen atoms in total. The quantitative estimate of drug-likeness (QED) is 0.455. The van der Waals surface area contributed by atoms with Crippen LogP contribution >= 0.6 is 0 Å². The summed E-state index contributed by atoms with van der Waals surface area (Å²) < 4.78 is 32.2. The van der Waals surface area contributed by atoms with E-state index in [2.05, 4.69) is 6.92 Å². The van der Waals surface area contributed by atoms with Crippen LogP contribution < -0.4 is 4.74 Å². The molecule has 0 unspecified atom stereocenters. The number of carbonyl (C=O) groups is 1. The number of nitrogens with zero attached hydrogens (tertiary/aromatic N) is 1. The van der Waals surface area contributed by atoms with E-state index in [-0.39, 0.29) is 5.75 Å². The van der Waals surface area contributed by atoms with Crippen molar-refractivity contribution in [1.29, 1.82) is 5.26 Å². The van der Waals surface area contributed by atoms with Crippen molar-refractivity contribution in [3.05, 3.63) is 64.7 Å². The minimum atomic E-state index is -1.06. The summed E-state index contributed by atoms with van der Waals surface area (Å²) in [5.74, 6) is -1.80. The number of nitriles is 1. The Balaban J connectivity index is 0.00000136. The van der Waals surface area contributed by atoms with Crippen LogP contribution in [0.15, 0.2) is 36.4 Å². The molecule has 0 heterocycles. The highest BCUT2D eigenvalue weighted by molar-refractivity contribution is 5.91. The molecule has 28 heavy (non-hydrogen) atoms. The molecule has 0 aliphatic heterocycles. The van der Waals surface area contributed by atoms with Crippen molar-refractivity contribution < 1.29 is 18.3 Å². The number of rotatable bonds is 3. The van der Waals surface area contributed by atoms with Gasteiger partial charge in [-0.25, -0.2) is 13.6 Å². The summed E-state index contributed by atoms with van der Waals surface area (Å²) in [5.41, 5.74) is 0.808. The van der Waals surface area contributed by atoms with Crippen molar-refractivity contribution in [3.8, 4) is 11.8 Å². The lowest BCUT2D eigenvalue weighted by Gasteiger charge is -2.26. The SMILES string of the molecule is CC.CC1CCC(c2ccc(C(=O)Oc3cc(F)c(C#N)c(F)c3)cc2)CC1. The Morgan fingerprint density at radius 2 is 1.57 bits per heavy atom. The summed E-state index contributed by atoms with van der Waals surface area (Å²) >= 11 is 0. The van der Waals surface area contributed by atoms with Gasteiger partial charge in [-0.05, 0) is 42.4 Å². The second-order valence-corrected chi connectivity index (χ2v) is 6.84. The van der Waals surface area contributed by atoms with Crippen molar-refractivity contribution >= 4 is 5.97 Å². The van der Waals surface area contributed by atoms with E-state index in [0.29, 0.717) is 11.5 Å². The maximum Gasteiger partial charge on any atom is 0.343 e. The third-order valence-electron chi connectivity index (χ3n) is 4.97. The van der Waals surface area contributed by atoms with E-state index in [1.54, 1.807) is 12.1 Å². The molecule has 3 rings (SSSR count). The average molecular weight is 385 g/mol. The van der Waals surface area contributed by atoms with Gasteiger partial charge in [0, 0.05) is 12.1 Å². The Morgan fingerprint density at radius 1 is 1.04 bits per heavy atom. The Bertz CT molecular complexity index is 825. The van der Waals surface area contributed by atoms with Crippen LogP contribution in [0.1, 0.15) is 73.9 Å². The molecule has 1 saturated carbocycles. The molecule has 0 N–H and O–H groups in total. The predicted octanol–water partition coefficient (Wildman–Crippen LogP) is 6.38. The van der Waals surface area contributed by atoms with E-state index >= 15 is 0 Å². The predicted molar refractivity (Wildman–Crippen MR) is 104 cm³/mol. The fourth-order valence-corrected chi connectivity index (χ4v) is 3.37. The van der Waals surface area contributed by atoms with Gasteiger partial charge in [-0.15, -0.1) is 0 Å². The van der Waals surface area contributed by atoms with Gasteiger partial charge in [-0.3, -0.25) is 0 Å². The zero-order valence-corrected chi connectivity index (χ0v) is 16.5. The summed E-state index contributed by atoms with van der Waals surface area (Å²) in [6.07, 6.45) is 4.72. The first-order valence-electron chi connectivity index (χ1n) is 9.69. The Hall–Kier alpha value is -2.74. The summed E-state index contributed by atoms with van der Waals surface area (Å²) in [6, 6.07) is 10.3. The number of hydrogen-bond acceptors (Lipinski definition) is 3. The monoisotopic (exact) mass is 385 g/mol. The van der Waals surface area contributed by atoms with Crippen LogP contribution in [-0.2, 0) is 0 Å². The van der Waals surface area contributed by atoms with Gasteiger partial charge in [0.15, 0.2) is 0 Å². The van der Waals surface area contributed by atoms with Crippen LogP contribution in [0.5, 0.6) is 5.75 Å². The van der Waals surface area contributed by atoms with Crippen molar-refractivity contribution in [1.82, 2.24) is 0 Å². The number of ether oxygens (including phenoxy) is 1. The van der Waals surface area contributed by atoms with Crippen LogP contribution in [0, 0.1) is 28.9 Å². The van der Waals surface area contributed by atoms with E-state index in [1.165, 1.54) is 24.5 Å². The van der Waals surface area contributed by atoms with E-state index < -0.39 is 23.2 Å². The van der Waals surface area contributed by atoms with E-state index in [4.69, 9.17) is 10.00 Å². The minimum absolute atomic E-state index is 0.269. The first-order valence-corrected chi connectivity index (χ1v) is 9.69. The number of carbonyl (C=O) groups excluding carboxylic acids is 1. The van der Waals surface area contributed by atoms with Crippen molar-refractivity contribution in [2.24, 2.45) is 5.92 Å². The summed E-state index contributed by atoms with van der Waals surface area (Å²) in [7, 11) is 0. The standard InChI is InChI=1S/C21H19F2NO2.C2H6/c1-13-2-4-14(5-3-13)15-6-8-16(9-7-15)21(25)26-17-10-19(22)18(12-24)20(23)11-17;1-2/h6-11,13-14H,2-5H2,1H3;1-2H3. The number of hydrogen-bond donors (Lipinski definition) is 0. The normalized spacial score (nSPS) is 18.4. The zero-order chi connectivity index (χ0) is 20.7. The van der Waals surface area contributed by atoms with Gasteiger partial charge >= 0.3 is 5.97 Å². The second-order valence-electron chi connectivity index (χ2n) is 6.84. The zero-order valence-electron chi connectivity index (χ0n) is 16.5. The molecule has 0 amide bonds. The molecule has 148 valence electrons. The molecule has 5 heteroatoms. The van der Waals surface area contributed by atoms with Crippen LogP contribution in [-0.4, -0.2) is 5.97 Å².